The molecule has 2 aliphatic rings. The summed E-state index contributed by atoms with van der Waals surface area (Å²) in [5, 5.41) is 3.82. The number of thiocarbonyl (C=S) groups is 1. The van der Waals surface area contributed by atoms with Crippen molar-refractivity contribution in [1.29, 1.82) is 0 Å². The summed E-state index contributed by atoms with van der Waals surface area (Å²) in [6.07, 6.45) is 1.55. The van der Waals surface area contributed by atoms with E-state index in [2.05, 4.69) is 27.8 Å². The van der Waals surface area contributed by atoms with Crippen LogP contribution < -0.4 is 19.7 Å². The summed E-state index contributed by atoms with van der Waals surface area (Å²) in [4.78, 5) is 15.1. The first kappa shape index (κ1) is 21.6. The highest BCUT2D eigenvalue weighted by Crippen LogP contribution is 2.52. The van der Waals surface area contributed by atoms with Crippen LogP contribution in [0, 0.1) is 5.92 Å². The van der Waals surface area contributed by atoms with Gasteiger partial charge in [-0.15, -0.1) is 0 Å². The Morgan fingerprint density at radius 1 is 1.39 bits per heavy atom. The molecule has 8 heteroatoms. The van der Waals surface area contributed by atoms with Gasteiger partial charge in [-0.1, -0.05) is 46.8 Å². The smallest absolute Gasteiger partial charge is 0.317 e. The normalized spacial score (nSPS) is 23.8. The maximum absolute atomic E-state index is 13.2. The minimum atomic E-state index is -1.15. The van der Waals surface area contributed by atoms with Gasteiger partial charge in [0.2, 0.25) is 5.72 Å². The maximum Gasteiger partial charge on any atom is 0.317 e. The molecular formula is C23H23BrN2O4S. The fourth-order valence-electron chi connectivity index (χ4n) is 4.23. The number of nitrogens with zero attached hydrogens (tertiary/aromatic N) is 1. The van der Waals surface area contributed by atoms with E-state index < -0.39 is 23.7 Å². The predicted molar refractivity (Wildman–Crippen MR) is 126 cm³/mol. The van der Waals surface area contributed by atoms with Crippen molar-refractivity contribution < 1.29 is 19.0 Å². The number of hydrogen-bond acceptors (Lipinski definition) is 5. The second-order valence-corrected chi connectivity index (χ2v) is 8.71. The van der Waals surface area contributed by atoms with Crippen molar-refractivity contribution in [2.24, 2.45) is 5.92 Å². The quantitative estimate of drug-likeness (QED) is 0.347. The lowest BCUT2D eigenvalue weighted by Gasteiger charge is -2.55. The number of halogens is 1. The zero-order valence-corrected chi connectivity index (χ0v) is 19.7. The third-order valence-corrected chi connectivity index (χ3v) is 6.25. The highest BCUT2D eigenvalue weighted by atomic mass is 79.9. The summed E-state index contributed by atoms with van der Waals surface area (Å²) < 4.78 is 18.8. The predicted octanol–water partition coefficient (Wildman–Crippen LogP) is 4.74. The van der Waals surface area contributed by atoms with Crippen LogP contribution >= 0.6 is 28.1 Å². The lowest BCUT2D eigenvalue weighted by atomic mass is 9.79. The van der Waals surface area contributed by atoms with Crippen LogP contribution in [0.3, 0.4) is 0 Å². The standard InChI is InChI=1S/C23H23BrN2O4S/c1-4-12-29-21(27)18-19-16-10-7-11-17(28-5-2)20(16)30-23(18,3)26(22(31)25-19)15-9-6-8-14(24)13-15/h4,6-11,13,18-19H,1,5,12H2,2-3H3,(H,25,31)/t18-,19-,23-/m0/s1. The number of anilines is 1. The van der Waals surface area contributed by atoms with Crippen LogP contribution in [0.15, 0.2) is 59.6 Å². The summed E-state index contributed by atoms with van der Waals surface area (Å²) in [5.41, 5.74) is 0.443. The molecule has 2 aromatic carbocycles. The average molecular weight is 503 g/mol. The summed E-state index contributed by atoms with van der Waals surface area (Å²) in [5.74, 6) is 0.134. The van der Waals surface area contributed by atoms with Crippen LogP contribution in [0.4, 0.5) is 5.69 Å². The van der Waals surface area contributed by atoms with Crippen LogP contribution in [0.1, 0.15) is 25.5 Å². The van der Waals surface area contributed by atoms with E-state index in [1.54, 1.807) is 6.08 Å². The van der Waals surface area contributed by atoms with E-state index in [1.165, 1.54) is 0 Å². The number of benzene rings is 2. The topological polar surface area (TPSA) is 60.0 Å². The number of fused-ring (bicyclic) bond motifs is 4. The van der Waals surface area contributed by atoms with Crippen molar-refractivity contribution in [2.75, 3.05) is 18.1 Å². The number of nitrogens with one attached hydrogen (secondary N) is 1. The van der Waals surface area contributed by atoms with Gasteiger partial charge in [0.05, 0.1) is 12.6 Å². The number of rotatable bonds is 6. The number of carbonyl (C=O) groups excluding carboxylic acids is 1. The Bertz CT molecular complexity index is 1050. The van der Waals surface area contributed by atoms with Crippen molar-refractivity contribution in [3.63, 3.8) is 0 Å². The minimum Gasteiger partial charge on any atom is -0.490 e. The maximum atomic E-state index is 13.2. The zero-order valence-electron chi connectivity index (χ0n) is 17.3. The Kier molecular flexibility index (Phi) is 5.94. The Balaban J connectivity index is 1.89. The van der Waals surface area contributed by atoms with Gasteiger partial charge < -0.3 is 19.5 Å². The Morgan fingerprint density at radius 2 is 2.16 bits per heavy atom. The molecule has 3 atom stereocenters. The first-order valence-corrected chi connectivity index (χ1v) is 11.2. The van der Waals surface area contributed by atoms with E-state index in [1.807, 2.05) is 61.2 Å². The summed E-state index contributed by atoms with van der Waals surface area (Å²) in [6.45, 7) is 8.03. The molecule has 0 saturated carbocycles. The Labute approximate surface area is 195 Å². The molecule has 0 aromatic heterocycles. The van der Waals surface area contributed by atoms with Crippen LogP contribution in [0.2, 0.25) is 0 Å². The Hall–Kier alpha value is -2.58. The molecule has 2 aromatic rings. The van der Waals surface area contributed by atoms with Gasteiger partial charge in [-0.25, -0.2) is 0 Å². The van der Waals surface area contributed by atoms with Gasteiger partial charge in [-0.3, -0.25) is 9.69 Å². The number of para-hydroxylation sites is 1. The third-order valence-electron chi connectivity index (χ3n) is 5.45. The van der Waals surface area contributed by atoms with Gasteiger partial charge in [0.15, 0.2) is 16.6 Å². The van der Waals surface area contributed by atoms with Gasteiger partial charge in [0.25, 0.3) is 0 Å². The average Bonchev–Trinajstić information content (AvgIpc) is 2.72. The first-order valence-electron chi connectivity index (χ1n) is 9.99. The number of carbonyl (C=O) groups is 1. The van der Waals surface area contributed by atoms with Gasteiger partial charge in [-0.2, -0.15) is 0 Å². The van der Waals surface area contributed by atoms with Crippen molar-refractivity contribution in [3.05, 3.63) is 65.2 Å². The molecule has 0 amide bonds. The fourth-order valence-corrected chi connectivity index (χ4v) is 5.04. The molecule has 2 heterocycles. The van der Waals surface area contributed by atoms with Crippen molar-refractivity contribution in [2.45, 2.75) is 25.6 Å². The lowest BCUT2D eigenvalue weighted by molar-refractivity contribution is -0.159. The van der Waals surface area contributed by atoms with Crippen molar-refractivity contribution in [1.82, 2.24) is 5.32 Å². The van der Waals surface area contributed by atoms with E-state index in [0.717, 1.165) is 15.7 Å². The molecule has 4 rings (SSSR count). The molecule has 0 spiro atoms. The molecule has 1 saturated heterocycles. The highest BCUT2D eigenvalue weighted by Gasteiger charge is 2.60. The van der Waals surface area contributed by atoms with E-state index in [0.29, 0.717) is 23.2 Å². The fraction of sp³-hybridized carbons (Fsp3) is 0.304. The molecule has 2 aliphatic heterocycles. The molecule has 2 bridgehead atoms. The van der Waals surface area contributed by atoms with Gasteiger partial charge >= 0.3 is 5.97 Å². The molecule has 31 heavy (non-hydrogen) atoms. The van der Waals surface area contributed by atoms with Gasteiger partial charge in [0.1, 0.15) is 12.5 Å². The number of ether oxygens (including phenoxy) is 3. The molecule has 1 fully saturated rings. The molecule has 0 unspecified atom stereocenters. The van der Waals surface area contributed by atoms with E-state index >= 15 is 0 Å². The van der Waals surface area contributed by atoms with Crippen LogP contribution in [-0.2, 0) is 9.53 Å². The summed E-state index contributed by atoms with van der Waals surface area (Å²) >= 11 is 9.26. The minimum absolute atomic E-state index is 0.116. The van der Waals surface area contributed by atoms with E-state index in [4.69, 9.17) is 26.4 Å². The second kappa shape index (κ2) is 8.51. The highest BCUT2D eigenvalue weighted by molar-refractivity contribution is 9.10. The monoisotopic (exact) mass is 502 g/mol. The SMILES string of the molecule is C=CCOC(=O)[C@@H]1[C@H]2NC(=S)N(c3cccc(Br)c3)[C@@]1(C)Oc1c(OCC)cccc12. The third kappa shape index (κ3) is 3.68. The van der Waals surface area contributed by atoms with E-state index in [-0.39, 0.29) is 6.61 Å². The first-order chi connectivity index (χ1) is 14.9. The molecule has 6 nitrogen and oxygen atoms in total. The molecule has 0 aliphatic carbocycles. The van der Waals surface area contributed by atoms with Crippen LogP contribution in [0.25, 0.3) is 0 Å². The second-order valence-electron chi connectivity index (χ2n) is 7.40. The summed E-state index contributed by atoms with van der Waals surface area (Å²) in [6, 6.07) is 12.9. The molecule has 1 N–H and O–H groups in total. The molecule has 162 valence electrons. The Morgan fingerprint density at radius 3 is 2.87 bits per heavy atom. The zero-order chi connectivity index (χ0) is 22.2. The molecular weight excluding hydrogens is 480 g/mol. The van der Waals surface area contributed by atoms with Crippen molar-refractivity contribution in [3.8, 4) is 11.5 Å². The number of esters is 1. The molecule has 0 radical (unpaired) electrons. The van der Waals surface area contributed by atoms with Crippen molar-refractivity contribution >= 4 is 44.9 Å². The van der Waals surface area contributed by atoms with Gasteiger partial charge in [0, 0.05) is 15.7 Å². The van der Waals surface area contributed by atoms with Gasteiger partial charge in [-0.05, 0) is 50.3 Å². The summed E-state index contributed by atoms with van der Waals surface area (Å²) in [7, 11) is 0. The number of hydrogen-bond donors (Lipinski definition) is 1. The largest absolute Gasteiger partial charge is 0.490 e. The lowest BCUT2D eigenvalue weighted by Crippen LogP contribution is -2.71. The van der Waals surface area contributed by atoms with Crippen LogP contribution in [0.5, 0.6) is 11.5 Å². The van der Waals surface area contributed by atoms with Crippen LogP contribution in [-0.4, -0.2) is 30.0 Å². The van der Waals surface area contributed by atoms with E-state index in [9.17, 15) is 4.79 Å².